The van der Waals surface area contributed by atoms with Crippen LogP contribution in [0.25, 0.3) is 10.9 Å². The summed E-state index contributed by atoms with van der Waals surface area (Å²) in [6.07, 6.45) is 3.11. The predicted molar refractivity (Wildman–Crippen MR) is 89.3 cm³/mol. The van der Waals surface area contributed by atoms with Gasteiger partial charge in [-0.2, -0.15) is 0 Å². The highest BCUT2D eigenvalue weighted by Crippen LogP contribution is 2.20. The van der Waals surface area contributed by atoms with Crippen molar-refractivity contribution >= 4 is 16.6 Å². The molecular formula is C18H21N3. The van der Waals surface area contributed by atoms with Gasteiger partial charge in [-0.3, -0.25) is 0 Å². The zero-order valence-electron chi connectivity index (χ0n) is 12.3. The second-order valence-corrected chi connectivity index (χ2v) is 5.41. The van der Waals surface area contributed by atoms with Crippen LogP contribution in [0.2, 0.25) is 0 Å². The Labute approximate surface area is 125 Å². The number of anilines is 1. The molecule has 0 saturated carbocycles. The molecule has 0 amide bonds. The lowest BCUT2D eigenvalue weighted by Crippen LogP contribution is -2.22. The summed E-state index contributed by atoms with van der Waals surface area (Å²) in [7, 11) is 0. The summed E-state index contributed by atoms with van der Waals surface area (Å²) in [6, 6.07) is 16.7. The number of hydrogen-bond acceptors (Lipinski definition) is 2. The number of H-pyrrole nitrogens is 1. The predicted octanol–water partition coefficient (Wildman–Crippen LogP) is 3.64. The summed E-state index contributed by atoms with van der Waals surface area (Å²) in [5.41, 5.74) is 10.6. The number of nitrogens with two attached hydrogens (primary N) is 1. The number of nitrogen functional groups attached to an aromatic ring is 1. The van der Waals surface area contributed by atoms with Crippen LogP contribution in [0.5, 0.6) is 0 Å². The standard InChI is InChI=1S/C18H21N3/c1-13(15-6-2-4-8-17(15)19)20-11-10-14-12-21-18-9-5-3-7-16(14)18/h2-9,12-13,20-21H,10-11,19H2,1H3/t13-/m0/s1. The Morgan fingerprint density at radius 1 is 1.10 bits per heavy atom. The normalized spacial score (nSPS) is 12.6. The number of aromatic nitrogens is 1. The highest BCUT2D eigenvalue weighted by Gasteiger charge is 2.08. The van der Waals surface area contributed by atoms with Gasteiger partial charge in [0.1, 0.15) is 0 Å². The third kappa shape index (κ3) is 2.93. The number of para-hydroxylation sites is 2. The average Bonchev–Trinajstić information content (AvgIpc) is 2.91. The van der Waals surface area contributed by atoms with Gasteiger partial charge in [-0.25, -0.2) is 0 Å². The van der Waals surface area contributed by atoms with Crippen molar-refractivity contribution in [3.63, 3.8) is 0 Å². The second kappa shape index (κ2) is 6.02. The molecule has 3 nitrogen and oxygen atoms in total. The van der Waals surface area contributed by atoms with Gasteiger partial charge >= 0.3 is 0 Å². The summed E-state index contributed by atoms with van der Waals surface area (Å²) in [5.74, 6) is 0. The summed E-state index contributed by atoms with van der Waals surface area (Å²) in [4.78, 5) is 3.32. The maximum Gasteiger partial charge on any atom is 0.0456 e. The Kier molecular flexibility index (Phi) is 3.93. The molecule has 1 heterocycles. The van der Waals surface area contributed by atoms with Crippen molar-refractivity contribution in [3.8, 4) is 0 Å². The molecule has 0 saturated heterocycles. The molecule has 4 N–H and O–H groups in total. The summed E-state index contributed by atoms with van der Waals surface area (Å²) in [5, 5.41) is 4.86. The maximum absolute atomic E-state index is 6.02. The van der Waals surface area contributed by atoms with Crippen molar-refractivity contribution in [3.05, 3.63) is 65.9 Å². The highest BCUT2D eigenvalue weighted by atomic mass is 14.9. The summed E-state index contributed by atoms with van der Waals surface area (Å²) < 4.78 is 0. The molecule has 0 bridgehead atoms. The van der Waals surface area contributed by atoms with Gasteiger partial charge in [0.15, 0.2) is 0 Å². The van der Waals surface area contributed by atoms with Crippen LogP contribution in [0.1, 0.15) is 24.1 Å². The fraction of sp³-hybridized carbons (Fsp3) is 0.222. The third-order valence-corrected chi connectivity index (χ3v) is 3.98. The van der Waals surface area contributed by atoms with Gasteiger partial charge in [-0.1, -0.05) is 36.4 Å². The van der Waals surface area contributed by atoms with Gasteiger partial charge in [0.25, 0.3) is 0 Å². The van der Waals surface area contributed by atoms with E-state index in [1.807, 2.05) is 18.2 Å². The molecule has 0 aliphatic rings. The van der Waals surface area contributed by atoms with Crippen LogP contribution in [-0.2, 0) is 6.42 Å². The molecule has 21 heavy (non-hydrogen) atoms. The number of fused-ring (bicyclic) bond motifs is 1. The van der Waals surface area contributed by atoms with Crippen molar-refractivity contribution in [2.45, 2.75) is 19.4 Å². The van der Waals surface area contributed by atoms with E-state index in [0.717, 1.165) is 24.2 Å². The molecule has 3 rings (SSSR count). The Morgan fingerprint density at radius 3 is 2.71 bits per heavy atom. The lowest BCUT2D eigenvalue weighted by atomic mass is 10.1. The number of nitrogens with one attached hydrogen (secondary N) is 2. The Bertz CT molecular complexity index is 730. The maximum atomic E-state index is 6.02. The molecule has 1 aromatic heterocycles. The molecule has 3 heteroatoms. The van der Waals surface area contributed by atoms with E-state index in [0.29, 0.717) is 0 Å². The minimum atomic E-state index is 0.261. The van der Waals surface area contributed by atoms with Crippen molar-refractivity contribution < 1.29 is 0 Å². The molecule has 0 aliphatic heterocycles. The molecule has 2 aromatic carbocycles. The minimum Gasteiger partial charge on any atom is -0.398 e. The Hall–Kier alpha value is -2.26. The fourth-order valence-electron chi connectivity index (χ4n) is 2.78. The van der Waals surface area contributed by atoms with Crippen molar-refractivity contribution in [1.82, 2.24) is 10.3 Å². The summed E-state index contributed by atoms with van der Waals surface area (Å²) >= 11 is 0. The quantitative estimate of drug-likeness (QED) is 0.624. The van der Waals surface area contributed by atoms with Crippen LogP contribution >= 0.6 is 0 Å². The number of benzene rings is 2. The van der Waals surface area contributed by atoms with E-state index in [-0.39, 0.29) is 6.04 Å². The SMILES string of the molecule is C[C@H](NCCc1c[nH]c2ccccc12)c1ccccc1N. The first kappa shape index (κ1) is 13.7. The molecule has 3 aromatic rings. The molecule has 0 unspecified atom stereocenters. The smallest absolute Gasteiger partial charge is 0.0456 e. The second-order valence-electron chi connectivity index (χ2n) is 5.41. The first-order valence-corrected chi connectivity index (χ1v) is 7.38. The first-order chi connectivity index (χ1) is 10.3. The zero-order chi connectivity index (χ0) is 14.7. The van der Waals surface area contributed by atoms with E-state index < -0.39 is 0 Å². The number of hydrogen-bond donors (Lipinski definition) is 3. The highest BCUT2D eigenvalue weighted by molar-refractivity contribution is 5.83. The third-order valence-electron chi connectivity index (χ3n) is 3.98. The molecule has 0 aliphatic carbocycles. The first-order valence-electron chi connectivity index (χ1n) is 7.38. The van der Waals surface area contributed by atoms with Crippen molar-refractivity contribution in [1.29, 1.82) is 0 Å². The van der Waals surface area contributed by atoms with E-state index >= 15 is 0 Å². The molecular weight excluding hydrogens is 258 g/mol. The van der Waals surface area contributed by atoms with Crippen LogP contribution < -0.4 is 11.1 Å². The molecule has 0 spiro atoms. The lowest BCUT2D eigenvalue weighted by Gasteiger charge is -2.16. The van der Waals surface area contributed by atoms with E-state index in [9.17, 15) is 0 Å². The van der Waals surface area contributed by atoms with Crippen molar-refractivity contribution in [2.75, 3.05) is 12.3 Å². The zero-order valence-corrected chi connectivity index (χ0v) is 12.3. The lowest BCUT2D eigenvalue weighted by molar-refractivity contribution is 0.579. The molecule has 0 fully saturated rings. The summed E-state index contributed by atoms with van der Waals surface area (Å²) in [6.45, 7) is 3.08. The average molecular weight is 279 g/mol. The molecule has 0 radical (unpaired) electrons. The van der Waals surface area contributed by atoms with Crippen LogP contribution in [0, 0.1) is 0 Å². The fourth-order valence-corrected chi connectivity index (χ4v) is 2.78. The molecule has 1 atom stereocenters. The van der Waals surface area contributed by atoms with Gasteiger partial charge in [0, 0.05) is 28.8 Å². The molecule has 108 valence electrons. The Balaban J connectivity index is 1.62. The van der Waals surface area contributed by atoms with Gasteiger partial charge in [-0.05, 0) is 43.1 Å². The largest absolute Gasteiger partial charge is 0.398 e. The van der Waals surface area contributed by atoms with Gasteiger partial charge in [0.2, 0.25) is 0 Å². The van der Waals surface area contributed by atoms with Gasteiger partial charge in [-0.15, -0.1) is 0 Å². The van der Waals surface area contributed by atoms with Crippen LogP contribution in [0.4, 0.5) is 5.69 Å². The van der Waals surface area contributed by atoms with E-state index in [4.69, 9.17) is 5.73 Å². The topological polar surface area (TPSA) is 53.8 Å². The minimum absolute atomic E-state index is 0.261. The van der Waals surface area contributed by atoms with Gasteiger partial charge in [0.05, 0.1) is 0 Å². The van der Waals surface area contributed by atoms with Crippen molar-refractivity contribution in [2.24, 2.45) is 0 Å². The van der Waals surface area contributed by atoms with Crippen LogP contribution in [0.15, 0.2) is 54.7 Å². The number of aromatic amines is 1. The van der Waals surface area contributed by atoms with E-state index in [1.165, 1.54) is 16.5 Å². The van der Waals surface area contributed by atoms with Crippen LogP contribution in [-0.4, -0.2) is 11.5 Å². The van der Waals surface area contributed by atoms with E-state index in [2.05, 4.69) is 53.8 Å². The monoisotopic (exact) mass is 279 g/mol. The number of rotatable bonds is 5. The van der Waals surface area contributed by atoms with Crippen LogP contribution in [0.3, 0.4) is 0 Å². The van der Waals surface area contributed by atoms with Gasteiger partial charge < -0.3 is 16.0 Å². The van der Waals surface area contributed by atoms with E-state index in [1.54, 1.807) is 0 Å². The Morgan fingerprint density at radius 2 is 1.86 bits per heavy atom.